The summed E-state index contributed by atoms with van der Waals surface area (Å²) in [5.41, 5.74) is 0.523. The van der Waals surface area contributed by atoms with Crippen molar-refractivity contribution < 1.29 is 14.6 Å². The highest BCUT2D eigenvalue weighted by Crippen LogP contribution is 2.25. The summed E-state index contributed by atoms with van der Waals surface area (Å²) in [5.74, 6) is -0.529. The van der Waals surface area contributed by atoms with Crippen molar-refractivity contribution in [2.45, 2.75) is 17.4 Å². The number of carbonyl (C=O) groups excluding carboxylic acids is 1. The molecule has 19 heavy (non-hydrogen) atoms. The van der Waals surface area contributed by atoms with E-state index in [2.05, 4.69) is 21.2 Å². The van der Waals surface area contributed by atoms with Crippen molar-refractivity contribution in [1.29, 1.82) is 0 Å². The van der Waals surface area contributed by atoms with Gasteiger partial charge >= 0.3 is 4.57 Å². The molecule has 1 aromatic carbocycles. The molecule has 0 unspecified atom stereocenters. The molecule has 0 bridgehead atoms. The Morgan fingerprint density at radius 1 is 1.21 bits per heavy atom. The minimum atomic E-state index is -2.53. The van der Waals surface area contributed by atoms with Crippen LogP contribution in [0.3, 0.4) is 0 Å². The molecule has 1 aromatic rings. The van der Waals surface area contributed by atoms with E-state index in [1.165, 1.54) is 0 Å². The summed E-state index contributed by atoms with van der Waals surface area (Å²) in [6, 6.07) is 8.45. The molecule has 0 radical (unpaired) electrons. The van der Waals surface area contributed by atoms with Crippen LogP contribution in [-0.2, 0) is 4.79 Å². The van der Waals surface area contributed by atoms with Crippen molar-refractivity contribution in [1.82, 2.24) is 0 Å². The van der Waals surface area contributed by atoms with Gasteiger partial charge in [-0.2, -0.15) is 0 Å². The Morgan fingerprint density at radius 2 is 1.74 bits per heavy atom. The zero-order valence-electron chi connectivity index (χ0n) is 9.61. The number of nitrogens with one attached hydrogen (secondary N) is 1. The van der Waals surface area contributed by atoms with Gasteiger partial charge in [-0.15, -0.1) is 0 Å². The predicted octanol–water partition coefficient (Wildman–Crippen LogP) is 2.01. The van der Waals surface area contributed by atoms with E-state index in [-0.39, 0.29) is 6.42 Å². The third-order valence-electron chi connectivity index (χ3n) is 2.29. The van der Waals surface area contributed by atoms with Gasteiger partial charge in [-0.05, 0) is 12.1 Å². The number of hydrogen-bond donors (Lipinski definition) is 1. The monoisotopic (exact) mass is 331 g/mol. The molecule has 0 spiro atoms. The first-order valence-electron chi connectivity index (χ1n) is 5.19. The molecule has 8 nitrogen and oxygen atoms in total. The van der Waals surface area contributed by atoms with Gasteiger partial charge in [-0.25, -0.2) is 0 Å². The number of anilines is 1. The quantitative estimate of drug-likeness (QED) is 0.281. The summed E-state index contributed by atoms with van der Waals surface area (Å²) in [6.45, 7) is 0. The van der Waals surface area contributed by atoms with Gasteiger partial charge in [0.1, 0.15) is 16.3 Å². The Hall–Kier alpha value is -2.03. The molecule has 0 saturated carbocycles. The van der Waals surface area contributed by atoms with E-state index in [0.717, 1.165) is 0 Å². The maximum atomic E-state index is 11.5. The molecular formula is C10H10BrN3O5. The van der Waals surface area contributed by atoms with Crippen molar-refractivity contribution in [3.8, 4) is 0 Å². The topological polar surface area (TPSA) is 115 Å². The Balaban J connectivity index is 2.59. The fourth-order valence-corrected chi connectivity index (χ4v) is 1.47. The van der Waals surface area contributed by atoms with E-state index in [9.17, 15) is 25.0 Å². The van der Waals surface area contributed by atoms with Crippen LogP contribution in [0.5, 0.6) is 0 Å². The first-order chi connectivity index (χ1) is 8.86. The van der Waals surface area contributed by atoms with Crippen LogP contribution in [0.1, 0.15) is 12.8 Å². The summed E-state index contributed by atoms with van der Waals surface area (Å²) in [7, 11) is 0. The minimum Gasteiger partial charge on any atom is -0.326 e. The molecule has 102 valence electrons. The first kappa shape index (κ1) is 15.0. The third kappa shape index (κ3) is 3.98. The smallest absolute Gasteiger partial charge is 0.326 e. The molecule has 9 heteroatoms. The highest BCUT2D eigenvalue weighted by atomic mass is 79.9. The van der Waals surface area contributed by atoms with Gasteiger partial charge in [-0.1, -0.05) is 18.2 Å². The highest BCUT2D eigenvalue weighted by molar-refractivity contribution is 9.09. The van der Waals surface area contributed by atoms with Crippen molar-refractivity contribution in [2.24, 2.45) is 0 Å². The van der Waals surface area contributed by atoms with E-state index in [1.54, 1.807) is 30.3 Å². The van der Waals surface area contributed by atoms with E-state index in [0.29, 0.717) is 5.69 Å². The standard InChI is InChI=1S/C10H10BrN3O5/c11-10(13(16)17,14(18)19)7-6-9(15)12-8-4-2-1-3-5-8/h1-5H,6-7H2,(H,12,15). The Labute approximate surface area is 116 Å². The lowest BCUT2D eigenvalue weighted by molar-refractivity contribution is -0.759. The van der Waals surface area contributed by atoms with Gasteiger partial charge in [0.15, 0.2) is 0 Å². The molecule has 0 atom stereocenters. The number of rotatable bonds is 6. The highest BCUT2D eigenvalue weighted by Gasteiger charge is 2.53. The second-order valence-electron chi connectivity index (χ2n) is 3.65. The van der Waals surface area contributed by atoms with Crippen LogP contribution in [0.2, 0.25) is 0 Å². The SMILES string of the molecule is O=C(CCC(Br)([N+](=O)[O-])[N+](=O)[O-])Nc1ccccc1. The van der Waals surface area contributed by atoms with Crippen molar-refractivity contribution in [3.63, 3.8) is 0 Å². The average Bonchev–Trinajstić information content (AvgIpc) is 2.36. The summed E-state index contributed by atoms with van der Waals surface area (Å²) in [6.07, 6.45) is -0.895. The van der Waals surface area contributed by atoms with Gasteiger partial charge in [0.05, 0.1) is 15.9 Å². The molecule has 0 fully saturated rings. The maximum absolute atomic E-state index is 11.5. The summed E-state index contributed by atoms with van der Waals surface area (Å²) < 4.78 is -2.53. The lowest BCUT2D eigenvalue weighted by Gasteiger charge is -2.10. The molecular weight excluding hydrogens is 322 g/mol. The van der Waals surface area contributed by atoms with Crippen LogP contribution in [0, 0.1) is 20.2 Å². The number of alkyl halides is 1. The number of hydrogen-bond acceptors (Lipinski definition) is 5. The van der Waals surface area contributed by atoms with Crippen molar-refractivity contribution in [2.75, 3.05) is 5.32 Å². The fraction of sp³-hybridized carbons (Fsp3) is 0.300. The molecule has 1 N–H and O–H groups in total. The zero-order chi connectivity index (χ0) is 14.5. The molecule has 0 saturated heterocycles. The zero-order valence-corrected chi connectivity index (χ0v) is 11.2. The number of benzene rings is 1. The third-order valence-corrected chi connectivity index (χ3v) is 3.26. The number of carbonyl (C=O) groups is 1. The van der Waals surface area contributed by atoms with Gasteiger partial charge in [0.25, 0.3) is 0 Å². The summed E-state index contributed by atoms with van der Waals surface area (Å²) in [5, 5.41) is 23.7. The largest absolute Gasteiger partial charge is 0.511 e. The molecule has 0 aliphatic rings. The number of amides is 1. The van der Waals surface area contributed by atoms with E-state index in [4.69, 9.17) is 0 Å². The minimum absolute atomic E-state index is 0.345. The molecule has 1 rings (SSSR count). The molecule has 0 aromatic heterocycles. The van der Waals surface area contributed by atoms with Gasteiger partial charge < -0.3 is 5.32 Å². The van der Waals surface area contributed by atoms with Gasteiger partial charge in [-0.3, -0.25) is 25.0 Å². The molecule has 1 amide bonds. The second kappa shape index (κ2) is 6.23. The predicted molar refractivity (Wildman–Crippen MR) is 70.0 cm³/mol. The molecule has 0 heterocycles. The molecule has 0 aliphatic carbocycles. The van der Waals surface area contributed by atoms with Gasteiger partial charge in [0, 0.05) is 12.1 Å². The van der Waals surface area contributed by atoms with E-state index >= 15 is 0 Å². The van der Waals surface area contributed by atoms with Crippen LogP contribution in [0.4, 0.5) is 5.69 Å². The Morgan fingerprint density at radius 3 is 2.21 bits per heavy atom. The van der Waals surface area contributed by atoms with Crippen LogP contribution in [-0.4, -0.2) is 20.3 Å². The van der Waals surface area contributed by atoms with Crippen molar-refractivity contribution >= 4 is 27.5 Å². The first-order valence-corrected chi connectivity index (χ1v) is 5.98. The second-order valence-corrected chi connectivity index (χ2v) is 4.92. The fourth-order valence-electron chi connectivity index (χ4n) is 1.27. The van der Waals surface area contributed by atoms with Crippen LogP contribution in [0.15, 0.2) is 30.3 Å². The van der Waals surface area contributed by atoms with Crippen LogP contribution >= 0.6 is 15.9 Å². The summed E-state index contributed by atoms with van der Waals surface area (Å²) >= 11 is 2.45. The number of halogens is 1. The Bertz CT molecular complexity index is 479. The lowest BCUT2D eigenvalue weighted by atomic mass is 10.2. The number of nitrogens with zero attached hydrogens (tertiary/aromatic N) is 2. The Kier molecular flexibility index (Phi) is 4.93. The summed E-state index contributed by atoms with van der Waals surface area (Å²) in [4.78, 5) is 30.6. The normalized spacial score (nSPS) is 10.8. The number of para-hydroxylation sites is 1. The van der Waals surface area contributed by atoms with Crippen LogP contribution in [0.25, 0.3) is 0 Å². The average molecular weight is 332 g/mol. The van der Waals surface area contributed by atoms with E-state index < -0.39 is 26.7 Å². The van der Waals surface area contributed by atoms with Gasteiger partial charge in [0.2, 0.25) is 5.91 Å². The lowest BCUT2D eigenvalue weighted by Crippen LogP contribution is -2.40. The number of nitro groups is 2. The van der Waals surface area contributed by atoms with Crippen LogP contribution < -0.4 is 5.32 Å². The molecule has 0 aliphatic heterocycles. The maximum Gasteiger partial charge on any atom is 0.511 e. The van der Waals surface area contributed by atoms with Crippen molar-refractivity contribution in [3.05, 3.63) is 50.6 Å². The van der Waals surface area contributed by atoms with E-state index in [1.807, 2.05) is 0 Å².